The number of amides is 1. The Morgan fingerprint density at radius 1 is 1.62 bits per heavy atom. The van der Waals surface area contributed by atoms with Crippen molar-refractivity contribution in [1.29, 1.82) is 0 Å². The first kappa shape index (κ1) is 11.5. The summed E-state index contributed by atoms with van der Waals surface area (Å²) in [5.41, 5.74) is 0. The minimum atomic E-state index is -0.116. The van der Waals surface area contributed by atoms with Crippen LogP contribution < -0.4 is 10.6 Å². The van der Waals surface area contributed by atoms with Crippen molar-refractivity contribution in [3.8, 4) is 12.3 Å². The van der Waals surface area contributed by atoms with Gasteiger partial charge in [-0.1, -0.05) is 19.3 Å². The Bertz CT molecular complexity index is 308. The third-order valence-corrected chi connectivity index (χ3v) is 3.95. The van der Waals surface area contributed by atoms with Crippen molar-refractivity contribution in [3.63, 3.8) is 0 Å². The average Bonchev–Trinajstić information content (AvgIpc) is 2.86. The van der Waals surface area contributed by atoms with E-state index in [9.17, 15) is 4.79 Å². The zero-order valence-electron chi connectivity index (χ0n) is 9.83. The summed E-state index contributed by atoms with van der Waals surface area (Å²) in [5, 5.41) is 6.26. The summed E-state index contributed by atoms with van der Waals surface area (Å²) in [7, 11) is 0. The van der Waals surface area contributed by atoms with Gasteiger partial charge in [-0.2, -0.15) is 0 Å². The van der Waals surface area contributed by atoms with E-state index in [4.69, 9.17) is 6.42 Å². The molecule has 4 unspecified atom stereocenters. The molecule has 0 bridgehead atoms. The topological polar surface area (TPSA) is 41.1 Å². The first-order chi connectivity index (χ1) is 7.76. The fraction of sp³-hybridized carbons (Fsp3) is 0.769. The van der Waals surface area contributed by atoms with Gasteiger partial charge in [0.25, 0.3) is 0 Å². The molecule has 0 spiro atoms. The fourth-order valence-electron chi connectivity index (χ4n) is 3.00. The quantitative estimate of drug-likeness (QED) is 0.694. The van der Waals surface area contributed by atoms with Crippen molar-refractivity contribution in [2.75, 3.05) is 6.54 Å². The van der Waals surface area contributed by atoms with Crippen LogP contribution in [0.5, 0.6) is 0 Å². The first-order valence-corrected chi connectivity index (χ1v) is 6.26. The molecule has 4 atom stereocenters. The van der Waals surface area contributed by atoms with Gasteiger partial charge in [-0.15, -0.1) is 6.42 Å². The van der Waals surface area contributed by atoms with E-state index in [1.54, 1.807) is 0 Å². The molecular weight excluding hydrogens is 200 g/mol. The third kappa shape index (κ3) is 2.08. The standard InChI is InChI=1S/C13H20N2O/c1-3-10(4-2)15-13(16)12-11-7-5-6-9(11)8-14-12/h1,9-12,14H,4-8H2,2H3,(H,15,16). The molecule has 0 aromatic carbocycles. The van der Waals surface area contributed by atoms with E-state index in [1.165, 1.54) is 19.3 Å². The second-order valence-electron chi connectivity index (χ2n) is 4.88. The van der Waals surface area contributed by atoms with Crippen LogP contribution in [0, 0.1) is 24.2 Å². The summed E-state index contributed by atoms with van der Waals surface area (Å²) in [6, 6.07) is -0.121. The molecule has 0 aromatic rings. The largest absolute Gasteiger partial charge is 0.341 e. The molecule has 1 heterocycles. The van der Waals surface area contributed by atoms with Crippen LogP contribution in [0.2, 0.25) is 0 Å². The number of hydrogen-bond donors (Lipinski definition) is 2. The van der Waals surface area contributed by atoms with Crippen molar-refractivity contribution < 1.29 is 4.79 Å². The van der Waals surface area contributed by atoms with Crippen LogP contribution in [0.3, 0.4) is 0 Å². The van der Waals surface area contributed by atoms with E-state index in [0.29, 0.717) is 11.8 Å². The van der Waals surface area contributed by atoms with Crippen molar-refractivity contribution >= 4 is 5.91 Å². The normalized spacial score (nSPS) is 34.1. The number of rotatable bonds is 3. The Kier molecular flexibility index (Phi) is 3.50. The SMILES string of the molecule is C#CC(CC)NC(=O)C1NCC2CCCC21. The lowest BCUT2D eigenvalue weighted by molar-refractivity contribution is -0.124. The number of fused-ring (bicyclic) bond motifs is 1. The molecule has 88 valence electrons. The van der Waals surface area contributed by atoms with Gasteiger partial charge in [-0.25, -0.2) is 0 Å². The minimum Gasteiger partial charge on any atom is -0.341 e. The monoisotopic (exact) mass is 220 g/mol. The molecule has 0 radical (unpaired) electrons. The van der Waals surface area contributed by atoms with Gasteiger partial charge in [0.15, 0.2) is 0 Å². The highest BCUT2D eigenvalue weighted by atomic mass is 16.2. The zero-order valence-corrected chi connectivity index (χ0v) is 9.83. The number of carbonyl (C=O) groups excluding carboxylic acids is 1. The average molecular weight is 220 g/mol. The molecule has 16 heavy (non-hydrogen) atoms. The number of terminal acetylenes is 1. The smallest absolute Gasteiger partial charge is 0.238 e. The molecule has 2 rings (SSSR count). The van der Waals surface area contributed by atoms with Crippen LogP contribution >= 0.6 is 0 Å². The fourth-order valence-corrected chi connectivity index (χ4v) is 3.00. The van der Waals surface area contributed by atoms with E-state index in [2.05, 4.69) is 16.6 Å². The molecule has 2 N–H and O–H groups in total. The molecule has 3 nitrogen and oxygen atoms in total. The van der Waals surface area contributed by atoms with E-state index in [1.807, 2.05) is 6.92 Å². The molecule has 2 fully saturated rings. The van der Waals surface area contributed by atoms with E-state index < -0.39 is 0 Å². The maximum absolute atomic E-state index is 12.0. The molecule has 1 aliphatic heterocycles. The predicted molar refractivity (Wildman–Crippen MR) is 63.7 cm³/mol. The van der Waals surface area contributed by atoms with Gasteiger partial charge in [0.1, 0.15) is 0 Å². The van der Waals surface area contributed by atoms with Crippen LogP contribution in [-0.4, -0.2) is 24.5 Å². The summed E-state index contributed by atoms with van der Waals surface area (Å²) < 4.78 is 0. The second kappa shape index (κ2) is 4.88. The third-order valence-electron chi connectivity index (χ3n) is 3.95. The molecule has 1 amide bonds. The molecule has 0 aromatic heterocycles. The van der Waals surface area contributed by atoms with Crippen LogP contribution in [-0.2, 0) is 4.79 Å². The highest BCUT2D eigenvalue weighted by Gasteiger charge is 2.42. The van der Waals surface area contributed by atoms with Crippen LogP contribution in [0.15, 0.2) is 0 Å². The highest BCUT2D eigenvalue weighted by Crippen LogP contribution is 2.37. The van der Waals surface area contributed by atoms with Crippen LogP contribution in [0.4, 0.5) is 0 Å². The molecule has 2 aliphatic rings. The molecule has 1 saturated carbocycles. The predicted octanol–water partition coefficient (Wildman–Crippen LogP) is 0.902. The molecule has 3 heteroatoms. The molecular formula is C13H20N2O. The Labute approximate surface area is 97.4 Å². The van der Waals surface area contributed by atoms with Crippen molar-refractivity contribution in [1.82, 2.24) is 10.6 Å². The molecule has 1 saturated heterocycles. The Balaban J connectivity index is 1.93. The lowest BCUT2D eigenvalue weighted by Gasteiger charge is -2.19. The Morgan fingerprint density at radius 3 is 3.12 bits per heavy atom. The Hall–Kier alpha value is -1.01. The maximum Gasteiger partial charge on any atom is 0.238 e. The first-order valence-electron chi connectivity index (χ1n) is 6.26. The zero-order chi connectivity index (χ0) is 11.5. The van der Waals surface area contributed by atoms with E-state index >= 15 is 0 Å². The summed E-state index contributed by atoms with van der Waals surface area (Å²) in [4.78, 5) is 12.0. The highest BCUT2D eigenvalue weighted by molar-refractivity contribution is 5.83. The number of hydrogen-bond acceptors (Lipinski definition) is 2. The van der Waals surface area contributed by atoms with Gasteiger partial charge >= 0.3 is 0 Å². The maximum atomic E-state index is 12.0. The van der Waals surface area contributed by atoms with E-state index in [-0.39, 0.29) is 18.0 Å². The number of nitrogens with one attached hydrogen (secondary N) is 2. The van der Waals surface area contributed by atoms with Crippen molar-refractivity contribution in [3.05, 3.63) is 0 Å². The van der Waals surface area contributed by atoms with Gasteiger partial charge in [0.05, 0.1) is 12.1 Å². The van der Waals surface area contributed by atoms with Gasteiger partial charge in [0, 0.05) is 0 Å². The van der Waals surface area contributed by atoms with Gasteiger partial charge in [-0.05, 0) is 37.6 Å². The van der Waals surface area contributed by atoms with Gasteiger partial charge in [-0.3, -0.25) is 4.79 Å². The lowest BCUT2D eigenvalue weighted by atomic mass is 9.93. The minimum absolute atomic E-state index is 0.00472. The summed E-state index contributed by atoms with van der Waals surface area (Å²) in [6.45, 7) is 2.99. The number of carbonyl (C=O) groups is 1. The van der Waals surface area contributed by atoms with Crippen molar-refractivity contribution in [2.45, 2.75) is 44.7 Å². The Morgan fingerprint density at radius 2 is 2.44 bits per heavy atom. The second-order valence-corrected chi connectivity index (χ2v) is 4.88. The van der Waals surface area contributed by atoms with Crippen molar-refractivity contribution in [2.24, 2.45) is 11.8 Å². The summed E-state index contributed by atoms with van der Waals surface area (Å²) in [5.74, 6) is 3.95. The summed E-state index contributed by atoms with van der Waals surface area (Å²) >= 11 is 0. The van der Waals surface area contributed by atoms with Crippen LogP contribution in [0.1, 0.15) is 32.6 Å². The summed E-state index contributed by atoms with van der Waals surface area (Å²) in [6.07, 6.45) is 9.87. The van der Waals surface area contributed by atoms with E-state index in [0.717, 1.165) is 13.0 Å². The lowest BCUT2D eigenvalue weighted by Crippen LogP contribution is -2.47. The van der Waals surface area contributed by atoms with Gasteiger partial charge < -0.3 is 10.6 Å². The van der Waals surface area contributed by atoms with Gasteiger partial charge in [0.2, 0.25) is 5.91 Å². The van der Waals surface area contributed by atoms with Crippen LogP contribution in [0.25, 0.3) is 0 Å². The molecule has 1 aliphatic carbocycles.